The van der Waals surface area contributed by atoms with Gasteiger partial charge in [-0.2, -0.15) is 4.98 Å². The lowest BCUT2D eigenvalue weighted by Gasteiger charge is -2.26. The van der Waals surface area contributed by atoms with Gasteiger partial charge in [0, 0.05) is 18.4 Å². The summed E-state index contributed by atoms with van der Waals surface area (Å²) in [6.45, 7) is -0.0124. The summed E-state index contributed by atoms with van der Waals surface area (Å²) in [4.78, 5) is 69.0. The van der Waals surface area contributed by atoms with Gasteiger partial charge < -0.3 is 25.6 Å². The number of methoxy groups -OCH3 is 1. The van der Waals surface area contributed by atoms with Crippen molar-refractivity contribution in [3.63, 3.8) is 0 Å². The Kier molecular flexibility index (Phi) is 9.58. The molecule has 0 aliphatic carbocycles. The van der Waals surface area contributed by atoms with Gasteiger partial charge in [-0.15, -0.1) is 0 Å². The van der Waals surface area contributed by atoms with Crippen LogP contribution in [-0.4, -0.2) is 64.0 Å². The molecule has 0 unspecified atom stereocenters. The summed E-state index contributed by atoms with van der Waals surface area (Å²) in [5.74, 6) is -1.90. The first-order valence-corrected chi connectivity index (χ1v) is 13.3. The van der Waals surface area contributed by atoms with Crippen molar-refractivity contribution in [2.24, 2.45) is 0 Å². The highest BCUT2D eigenvalue weighted by molar-refractivity contribution is 6.40. The van der Waals surface area contributed by atoms with Gasteiger partial charge >= 0.3 is 17.7 Å². The lowest BCUT2D eigenvalue weighted by molar-refractivity contribution is -0.143. The smallest absolute Gasteiger partial charge is 0.349 e. The van der Waals surface area contributed by atoms with Crippen molar-refractivity contribution in [2.45, 2.75) is 31.5 Å². The zero-order chi connectivity index (χ0) is 29.5. The number of carbonyl (C=O) groups is 4. The van der Waals surface area contributed by atoms with E-state index in [0.29, 0.717) is 25.1 Å². The molecule has 214 valence electrons. The van der Waals surface area contributed by atoms with Crippen LogP contribution in [0, 0.1) is 0 Å². The lowest BCUT2D eigenvalue weighted by Crippen LogP contribution is -2.53. The first kappa shape index (κ1) is 29.6. The first-order chi connectivity index (χ1) is 19.7. The fourth-order valence-electron chi connectivity index (χ4n) is 4.31. The summed E-state index contributed by atoms with van der Waals surface area (Å²) in [6, 6.07) is 12.1. The predicted octanol–water partition coefficient (Wildman–Crippen LogP) is 3.16. The van der Waals surface area contributed by atoms with Crippen LogP contribution in [0.25, 0.3) is 0 Å². The van der Waals surface area contributed by atoms with Gasteiger partial charge in [0.05, 0.1) is 29.3 Å². The van der Waals surface area contributed by atoms with Crippen molar-refractivity contribution in [1.82, 2.24) is 19.8 Å². The van der Waals surface area contributed by atoms with Gasteiger partial charge in [0.15, 0.2) is 0 Å². The van der Waals surface area contributed by atoms with Crippen LogP contribution in [0.4, 0.5) is 16.3 Å². The monoisotopic (exact) mass is 600 g/mol. The fourth-order valence-corrected chi connectivity index (χ4v) is 4.88. The molecule has 4 amide bonds. The maximum Gasteiger partial charge on any atom is 0.349 e. The molecule has 2 aromatic carbocycles. The molecule has 0 saturated carbocycles. The molecule has 0 radical (unpaired) electrons. The number of carbonyl (C=O) groups excluding carboxylic acids is 4. The summed E-state index contributed by atoms with van der Waals surface area (Å²) >= 11 is 12.1. The maximum atomic E-state index is 13.1. The summed E-state index contributed by atoms with van der Waals surface area (Å²) in [5, 5.41) is 8.05. The molecule has 1 aliphatic rings. The highest BCUT2D eigenvalue weighted by Gasteiger charge is 2.36. The Balaban J connectivity index is 1.44. The second-order valence-corrected chi connectivity index (χ2v) is 9.84. The summed E-state index contributed by atoms with van der Waals surface area (Å²) in [6.07, 6.45) is 2.34. The molecule has 1 aliphatic heterocycles. The number of amides is 4. The Labute approximate surface area is 244 Å². The molecule has 41 heavy (non-hydrogen) atoms. The van der Waals surface area contributed by atoms with Gasteiger partial charge in [0.1, 0.15) is 17.9 Å². The molecule has 2 heterocycles. The minimum Gasteiger partial charge on any atom is -0.467 e. The highest BCUT2D eigenvalue weighted by atomic mass is 35.5. The molecule has 1 fully saturated rings. The van der Waals surface area contributed by atoms with Gasteiger partial charge in [0.25, 0.3) is 5.91 Å². The number of hydrogen-bond donors (Lipinski definition) is 3. The van der Waals surface area contributed by atoms with E-state index >= 15 is 0 Å². The number of esters is 1. The van der Waals surface area contributed by atoms with Gasteiger partial charge in [-0.1, -0.05) is 47.5 Å². The Morgan fingerprint density at radius 1 is 1.02 bits per heavy atom. The van der Waals surface area contributed by atoms with E-state index in [1.165, 1.54) is 29.3 Å². The molecule has 2 atom stereocenters. The van der Waals surface area contributed by atoms with Gasteiger partial charge in [-0.25, -0.2) is 14.4 Å². The van der Waals surface area contributed by atoms with E-state index in [1.807, 2.05) is 6.07 Å². The number of rotatable bonds is 8. The Morgan fingerprint density at radius 3 is 2.39 bits per heavy atom. The number of halogens is 2. The third-order valence-electron chi connectivity index (χ3n) is 6.33. The molecule has 0 bridgehead atoms. The van der Waals surface area contributed by atoms with E-state index in [0.717, 1.165) is 11.7 Å². The van der Waals surface area contributed by atoms with E-state index in [4.69, 9.17) is 27.9 Å². The van der Waals surface area contributed by atoms with Crippen molar-refractivity contribution in [3.05, 3.63) is 86.9 Å². The number of likely N-dealkylation sites (tertiary alicyclic amines) is 1. The van der Waals surface area contributed by atoms with E-state index in [2.05, 4.69) is 20.9 Å². The number of nitrogens with one attached hydrogen (secondary N) is 3. The molecular weight excluding hydrogens is 575 g/mol. The number of aromatic nitrogens is 2. The minimum absolute atomic E-state index is 0.0212. The molecule has 12 nitrogen and oxygen atoms in total. The van der Waals surface area contributed by atoms with E-state index < -0.39 is 35.7 Å². The van der Waals surface area contributed by atoms with Gasteiger partial charge in [0.2, 0.25) is 5.91 Å². The molecule has 14 heteroatoms. The number of benzene rings is 2. The Bertz CT molecular complexity index is 1500. The predicted molar refractivity (Wildman–Crippen MR) is 152 cm³/mol. The van der Waals surface area contributed by atoms with Crippen molar-refractivity contribution >= 4 is 58.5 Å². The summed E-state index contributed by atoms with van der Waals surface area (Å²) in [5.41, 5.74) is -0.191. The molecule has 0 spiro atoms. The molecule has 1 aromatic heterocycles. The van der Waals surface area contributed by atoms with Crippen LogP contribution < -0.4 is 21.6 Å². The van der Waals surface area contributed by atoms with Crippen molar-refractivity contribution in [3.8, 4) is 0 Å². The van der Waals surface area contributed by atoms with Crippen LogP contribution in [0.1, 0.15) is 23.2 Å². The van der Waals surface area contributed by atoms with Crippen LogP contribution in [0.3, 0.4) is 0 Å². The average molecular weight is 601 g/mol. The quantitative estimate of drug-likeness (QED) is 0.336. The third kappa shape index (κ3) is 7.21. The zero-order valence-corrected chi connectivity index (χ0v) is 23.3. The SMILES string of the molecule is COC(=O)[C@H](Cn1ccc(NC(=O)c2c(Cl)cccc2Cl)nc1=O)NC(=O)N1CCC[C@@H]1C(=O)Nc1ccccc1. The number of urea groups is 1. The standard InChI is InChI=1S/C27H26Cl2N6O6/c1-41-25(38)19(31-27(40)35-13-6-11-20(35)23(36)30-16-7-3-2-4-8-16)15-34-14-12-21(33-26(34)39)32-24(37)22-17(28)9-5-10-18(22)29/h2-5,7-10,12,14,19-20H,6,11,13,15H2,1H3,(H,30,36)(H,31,40)(H,32,33,37,39)/t19-,20+/m0/s1. The molecule has 4 rings (SSSR count). The number of hydrogen-bond acceptors (Lipinski definition) is 7. The van der Waals surface area contributed by atoms with Crippen LogP contribution >= 0.6 is 23.2 Å². The van der Waals surface area contributed by atoms with Crippen LogP contribution in [0.2, 0.25) is 10.0 Å². The topological polar surface area (TPSA) is 152 Å². The number of para-hydroxylation sites is 1. The second kappa shape index (κ2) is 13.3. The normalized spacial score (nSPS) is 15.1. The van der Waals surface area contributed by atoms with E-state index in [1.54, 1.807) is 30.3 Å². The van der Waals surface area contributed by atoms with E-state index in [-0.39, 0.29) is 33.9 Å². The second-order valence-electron chi connectivity index (χ2n) is 9.03. The molecule has 3 N–H and O–H groups in total. The zero-order valence-electron chi connectivity index (χ0n) is 21.8. The fraction of sp³-hybridized carbons (Fsp3) is 0.259. The highest BCUT2D eigenvalue weighted by Crippen LogP contribution is 2.25. The van der Waals surface area contributed by atoms with E-state index in [9.17, 15) is 24.0 Å². The van der Waals surface area contributed by atoms with Crippen molar-refractivity contribution in [1.29, 1.82) is 0 Å². The molecular formula is C27H26Cl2N6O6. The van der Waals surface area contributed by atoms with Gasteiger partial charge in [-0.05, 0) is 43.2 Å². The molecule has 3 aromatic rings. The van der Waals surface area contributed by atoms with Crippen LogP contribution in [0.15, 0.2) is 65.6 Å². The van der Waals surface area contributed by atoms with Crippen molar-refractivity contribution in [2.75, 3.05) is 24.3 Å². The average Bonchev–Trinajstić information content (AvgIpc) is 3.44. The maximum absolute atomic E-state index is 13.1. The largest absolute Gasteiger partial charge is 0.467 e. The summed E-state index contributed by atoms with van der Waals surface area (Å²) in [7, 11) is 1.15. The number of ether oxygens (including phenoxy) is 1. The van der Waals surface area contributed by atoms with Crippen LogP contribution in [0.5, 0.6) is 0 Å². The summed E-state index contributed by atoms with van der Waals surface area (Å²) < 4.78 is 5.89. The number of nitrogens with zero attached hydrogens (tertiary/aromatic N) is 3. The van der Waals surface area contributed by atoms with Gasteiger partial charge in [-0.3, -0.25) is 14.2 Å². The van der Waals surface area contributed by atoms with Crippen LogP contribution in [-0.2, 0) is 20.9 Å². The Morgan fingerprint density at radius 2 is 1.73 bits per heavy atom. The van der Waals surface area contributed by atoms with Crippen molar-refractivity contribution < 1.29 is 23.9 Å². The third-order valence-corrected chi connectivity index (χ3v) is 6.96. The lowest BCUT2D eigenvalue weighted by atomic mass is 10.2. The number of anilines is 2. The Hall–Kier alpha value is -4.42. The first-order valence-electron chi connectivity index (χ1n) is 12.5. The minimum atomic E-state index is -1.27. The molecule has 1 saturated heterocycles.